The normalized spacial score (nSPS) is 10.4. The highest BCUT2D eigenvalue weighted by Crippen LogP contribution is 2.20. The van der Waals surface area contributed by atoms with Crippen molar-refractivity contribution in [3.05, 3.63) is 56.5 Å². The first-order chi connectivity index (χ1) is 9.92. The number of thiocarbonyl (C=S) groups is 1. The lowest BCUT2D eigenvalue weighted by atomic mass is 10.1. The maximum absolute atomic E-state index is 12.1. The number of hydrogen-bond acceptors (Lipinski definition) is 4. The summed E-state index contributed by atoms with van der Waals surface area (Å²) < 4.78 is 6.56. The molecule has 0 spiro atoms. The molecule has 1 heterocycles. The van der Waals surface area contributed by atoms with Crippen molar-refractivity contribution < 1.29 is 4.74 Å². The zero-order valence-electron chi connectivity index (χ0n) is 11.6. The summed E-state index contributed by atoms with van der Waals surface area (Å²) in [7, 11) is 1.47. The summed E-state index contributed by atoms with van der Waals surface area (Å²) in [4.78, 5) is 16.5. The van der Waals surface area contributed by atoms with Crippen molar-refractivity contribution in [2.75, 3.05) is 7.11 Å². The molecule has 7 heteroatoms. The summed E-state index contributed by atoms with van der Waals surface area (Å²) in [5.41, 5.74) is 7.39. The first kappa shape index (κ1) is 15.5. The van der Waals surface area contributed by atoms with Crippen molar-refractivity contribution in [2.45, 2.75) is 13.5 Å². The molecule has 2 aromatic rings. The Hall–Kier alpha value is -1.92. The molecule has 0 radical (unpaired) electrons. The highest BCUT2D eigenvalue weighted by molar-refractivity contribution is 7.80. The van der Waals surface area contributed by atoms with E-state index in [9.17, 15) is 4.79 Å². The quantitative estimate of drug-likeness (QED) is 0.870. The number of aromatic nitrogens is 2. The highest BCUT2D eigenvalue weighted by atomic mass is 35.5. The maximum atomic E-state index is 12.1. The third-order valence-electron chi connectivity index (χ3n) is 2.95. The number of methoxy groups -OCH3 is 1. The second kappa shape index (κ2) is 6.24. The van der Waals surface area contributed by atoms with Crippen molar-refractivity contribution in [3.8, 4) is 6.01 Å². The van der Waals surface area contributed by atoms with Crippen molar-refractivity contribution >= 4 is 28.8 Å². The number of nitrogens with two attached hydrogens (primary N) is 1. The van der Waals surface area contributed by atoms with Gasteiger partial charge in [0.15, 0.2) is 0 Å². The van der Waals surface area contributed by atoms with Crippen LogP contribution in [-0.4, -0.2) is 21.6 Å². The van der Waals surface area contributed by atoms with Gasteiger partial charge in [-0.1, -0.05) is 36.0 Å². The standard InChI is InChI=1S/C14H14ClN3O2S/c1-8-5-12(19)18(14(17-8)20-2)7-10-4-3-9(13(16)21)6-11(10)15/h3-6H,7H2,1-2H3,(H2,16,21). The fraction of sp³-hybridized carbons (Fsp3) is 0.214. The molecule has 0 aliphatic heterocycles. The Balaban J connectivity index is 2.43. The maximum Gasteiger partial charge on any atom is 0.299 e. The van der Waals surface area contributed by atoms with Gasteiger partial charge in [-0.2, -0.15) is 0 Å². The first-order valence-electron chi connectivity index (χ1n) is 6.13. The number of ether oxygens (including phenoxy) is 1. The average molecular weight is 324 g/mol. The van der Waals surface area contributed by atoms with Crippen molar-refractivity contribution in [2.24, 2.45) is 5.73 Å². The van der Waals surface area contributed by atoms with Crippen LogP contribution in [0.5, 0.6) is 6.01 Å². The third-order valence-corrected chi connectivity index (χ3v) is 3.54. The highest BCUT2D eigenvalue weighted by Gasteiger charge is 2.11. The molecule has 1 aromatic heterocycles. The molecule has 0 atom stereocenters. The van der Waals surface area contributed by atoms with Gasteiger partial charge in [0, 0.05) is 22.3 Å². The van der Waals surface area contributed by atoms with E-state index in [1.54, 1.807) is 25.1 Å². The second-order valence-electron chi connectivity index (χ2n) is 4.48. The Kier molecular flexibility index (Phi) is 4.59. The summed E-state index contributed by atoms with van der Waals surface area (Å²) in [6.45, 7) is 1.99. The molecule has 0 unspecified atom stereocenters. The summed E-state index contributed by atoms with van der Waals surface area (Å²) in [6, 6.07) is 6.91. The summed E-state index contributed by atoms with van der Waals surface area (Å²) >= 11 is 11.1. The lowest BCUT2D eigenvalue weighted by Gasteiger charge is -2.12. The fourth-order valence-corrected chi connectivity index (χ4v) is 2.26. The Bertz CT molecular complexity index is 758. The molecule has 0 fully saturated rings. The molecule has 0 saturated heterocycles. The Morgan fingerprint density at radius 2 is 2.19 bits per heavy atom. The van der Waals surface area contributed by atoms with Gasteiger partial charge in [0.05, 0.1) is 13.7 Å². The van der Waals surface area contributed by atoms with Gasteiger partial charge in [-0.15, -0.1) is 0 Å². The molecule has 0 aliphatic rings. The molecule has 5 nitrogen and oxygen atoms in total. The van der Waals surface area contributed by atoms with Crippen LogP contribution in [-0.2, 0) is 6.54 Å². The third kappa shape index (κ3) is 3.40. The zero-order chi connectivity index (χ0) is 15.6. The molecular formula is C14H14ClN3O2S. The molecule has 0 saturated carbocycles. The molecule has 110 valence electrons. The number of benzene rings is 1. The molecule has 1 aromatic carbocycles. The van der Waals surface area contributed by atoms with Crippen LogP contribution < -0.4 is 16.0 Å². The lowest BCUT2D eigenvalue weighted by molar-refractivity contribution is 0.350. The molecule has 2 N–H and O–H groups in total. The van der Waals surface area contributed by atoms with Crippen molar-refractivity contribution in [1.29, 1.82) is 0 Å². The van der Waals surface area contributed by atoms with Crippen LogP contribution >= 0.6 is 23.8 Å². The van der Waals surface area contributed by atoms with Crippen LogP contribution in [0.25, 0.3) is 0 Å². The van der Waals surface area contributed by atoms with E-state index in [0.29, 0.717) is 16.3 Å². The molecule has 0 aliphatic carbocycles. The van der Waals surface area contributed by atoms with Crippen molar-refractivity contribution in [3.63, 3.8) is 0 Å². The topological polar surface area (TPSA) is 70.1 Å². The van der Waals surface area contributed by atoms with E-state index in [1.165, 1.54) is 17.7 Å². The van der Waals surface area contributed by atoms with Crippen LogP contribution in [0.1, 0.15) is 16.8 Å². The van der Waals surface area contributed by atoms with Gasteiger partial charge in [0.25, 0.3) is 11.6 Å². The van der Waals surface area contributed by atoms with E-state index in [4.69, 9.17) is 34.3 Å². The van der Waals surface area contributed by atoms with Gasteiger partial charge in [-0.05, 0) is 18.6 Å². The van der Waals surface area contributed by atoms with Gasteiger partial charge in [-0.3, -0.25) is 9.36 Å². The van der Waals surface area contributed by atoms with Gasteiger partial charge < -0.3 is 10.5 Å². The van der Waals surface area contributed by atoms with E-state index < -0.39 is 0 Å². The predicted molar refractivity (Wildman–Crippen MR) is 86.2 cm³/mol. The molecule has 2 rings (SSSR count). The number of hydrogen-bond donors (Lipinski definition) is 1. The van der Waals surface area contributed by atoms with Crippen LogP contribution in [0.3, 0.4) is 0 Å². The second-order valence-corrected chi connectivity index (χ2v) is 5.33. The Morgan fingerprint density at radius 1 is 1.48 bits per heavy atom. The minimum Gasteiger partial charge on any atom is -0.468 e. The van der Waals surface area contributed by atoms with Crippen LogP contribution in [0, 0.1) is 6.92 Å². The Labute approximate surface area is 132 Å². The number of aryl methyl sites for hydroxylation is 1. The Morgan fingerprint density at radius 3 is 2.76 bits per heavy atom. The zero-order valence-corrected chi connectivity index (χ0v) is 13.2. The molecular weight excluding hydrogens is 310 g/mol. The molecule has 0 amide bonds. The van der Waals surface area contributed by atoms with Crippen LogP contribution in [0.15, 0.2) is 29.1 Å². The largest absolute Gasteiger partial charge is 0.468 e. The summed E-state index contributed by atoms with van der Waals surface area (Å²) in [5, 5.41) is 0.481. The van der Waals surface area contributed by atoms with E-state index >= 15 is 0 Å². The van der Waals surface area contributed by atoms with Crippen LogP contribution in [0.4, 0.5) is 0 Å². The van der Waals surface area contributed by atoms with E-state index in [2.05, 4.69) is 4.98 Å². The van der Waals surface area contributed by atoms with Crippen LogP contribution in [0.2, 0.25) is 5.02 Å². The lowest BCUT2D eigenvalue weighted by Crippen LogP contribution is -2.23. The number of halogens is 1. The summed E-state index contributed by atoms with van der Waals surface area (Å²) in [6.07, 6.45) is 0. The van der Waals surface area contributed by atoms with Crippen molar-refractivity contribution in [1.82, 2.24) is 9.55 Å². The minimum atomic E-state index is -0.200. The van der Waals surface area contributed by atoms with Gasteiger partial charge in [0.1, 0.15) is 4.99 Å². The van der Waals surface area contributed by atoms with E-state index in [1.807, 2.05) is 0 Å². The average Bonchev–Trinajstić information content (AvgIpc) is 2.42. The predicted octanol–water partition coefficient (Wildman–Crippen LogP) is 1.90. The van der Waals surface area contributed by atoms with Gasteiger partial charge in [-0.25, -0.2) is 4.98 Å². The smallest absolute Gasteiger partial charge is 0.299 e. The number of rotatable bonds is 4. The SMILES string of the molecule is COc1nc(C)cc(=O)n1Cc1ccc(C(N)=S)cc1Cl. The monoisotopic (exact) mass is 323 g/mol. The molecule has 0 bridgehead atoms. The minimum absolute atomic E-state index is 0.200. The first-order valence-corrected chi connectivity index (χ1v) is 6.91. The van der Waals surface area contributed by atoms with Gasteiger partial charge >= 0.3 is 0 Å². The number of nitrogens with zero attached hydrogens (tertiary/aromatic N) is 2. The van der Waals surface area contributed by atoms with Gasteiger partial charge in [0.2, 0.25) is 0 Å². The molecule has 21 heavy (non-hydrogen) atoms. The van der Waals surface area contributed by atoms with E-state index in [-0.39, 0.29) is 23.1 Å². The fourth-order valence-electron chi connectivity index (χ4n) is 1.89. The van der Waals surface area contributed by atoms with E-state index in [0.717, 1.165) is 5.56 Å². The summed E-state index contributed by atoms with van der Waals surface area (Å²) in [5.74, 6) is 0.